The Balaban J connectivity index is 2.19. The molecule has 0 saturated heterocycles. The summed E-state index contributed by atoms with van der Waals surface area (Å²) in [7, 11) is -2.95. The highest BCUT2D eigenvalue weighted by Gasteiger charge is 2.05. The minimum atomic E-state index is -2.95. The third kappa shape index (κ3) is 8.13. The third-order valence-corrected chi connectivity index (χ3v) is 4.65. The number of hydrogen-bond acceptors (Lipinski definition) is 4. The molecular weight excluding hydrogens is 306 g/mol. The monoisotopic (exact) mass is 321 g/mol. The van der Waals surface area contributed by atoms with Crippen LogP contribution in [0.25, 0.3) is 0 Å². The van der Waals surface area contributed by atoms with Crippen LogP contribution in [-0.4, -0.2) is 37.8 Å². The first-order valence-electron chi connectivity index (χ1n) is 5.63. The number of nitrogens with one attached hydrogen (secondary N) is 1. The van der Waals surface area contributed by atoms with E-state index in [0.717, 1.165) is 5.56 Å². The zero-order valence-electron chi connectivity index (χ0n) is 10.6. The maximum Gasteiger partial charge on any atom is 0.230 e. The summed E-state index contributed by atoms with van der Waals surface area (Å²) in [4.78, 5) is 11.5. The summed E-state index contributed by atoms with van der Waals surface area (Å²) < 4.78 is 21.8. The molecule has 1 N–H and O–H groups in total. The predicted molar refractivity (Wildman–Crippen MR) is 80.3 cm³/mol. The van der Waals surface area contributed by atoms with Crippen LogP contribution in [0.2, 0.25) is 5.02 Å². The molecule has 0 unspecified atom stereocenters. The van der Waals surface area contributed by atoms with Crippen molar-refractivity contribution in [3.8, 4) is 0 Å². The van der Waals surface area contributed by atoms with Gasteiger partial charge in [0.1, 0.15) is 9.84 Å². The Hall–Kier alpha value is -0.720. The summed E-state index contributed by atoms with van der Waals surface area (Å²) in [5, 5.41) is 3.42. The maximum absolute atomic E-state index is 11.5. The molecule has 0 spiro atoms. The van der Waals surface area contributed by atoms with Crippen LogP contribution in [0, 0.1) is 0 Å². The second-order valence-electron chi connectivity index (χ2n) is 4.09. The van der Waals surface area contributed by atoms with Gasteiger partial charge in [-0.2, -0.15) is 11.8 Å². The lowest BCUT2D eigenvalue weighted by Gasteiger charge is -2.05. The highest BCUT2D eigenvalue weighted by atomic mass is 35.5. The number of thioether (sulfide) groups is 1. The van der Waals surface area contributed by atoms with Crippen LogP contribution in [0.5, 0.6) is 0 Å². The molecule has 1 aromatic carbocycles. The van der Waals surface area contributed by atoms with Gasteiger partial charge in [0.25, 0.3) is 0 Å². The van der Waals surface area contributed by atoms with Gasteiger partial charge < -0.3 is 5.32 Å². The van der Waals surface area contributed by atoms with Crippen LogP contribution in [0.4, 0.5) is 0 Å². The topological polar surface area (TPSA) is 63.2 Å². The summed E-state index contributed by atoms with van der Waals surface area (Å²) in [5.74, 6) is 0.701. The molecule has 4 nitrogen and oxygen atoms in total. The molecule has 0 aliphatic carbocycles. The lowest BCUT2D eigenvalue weighted by molar-refractivity contribution is -0.118. The molecule has 19 heavy (non-hydrogen) atoms. The van der Waals surface area contributed by atoms with Crippen LogP contribution in [0.1, 0.15) is 5.56 Å². The number of halogens is 1. The molecule has 0 fully saturated rings. The number of rotatable bonds is 7. The quantitative estimate of drug-likeness (QED) is 0.777. The van der Waals surface area contributed by atoms with Crippen molar-refractivity contribution in [3.05, 3.63) is 34.9 Å². The minimum absolute atomic E-state index is 0.0993. The van der Waals surface area contributed by atoms with Gasteiger partial charge in [0.2, 0.25) is 5.91 Å². The molecular formula is C12H16ClNO3S2. The average Bonchev–Trinajstić information content (AvgIpc) is 2.33. The lowest BCUT2D eigenvalue weighted by atomic mass is 10.2. The molecule has 0 bridgehead atoms. The first-order valence-corrected chi connectivity index (χ1v) is 9.23. The molecule has 0 radical (unpaired) electrons. The molecule has 0 aliphatic heterocycles. The van der Waals surface area contributed by atoms with Crippen LogP contribution < -0.4 is 5.32 Å². The summed E-state index contributed by atoms with van der Waals surface area (Å²) in [6.07, 6.45) is 1.19. The summed E-state index contributed by atoms with van der Waals surface area (Å²) in [6, 6.07) is 7.23. The largest absolute Gasteiger partial charge is 0.351 e. The number of hydrogen-bond donors (Lipinski definition) is 1. The van der Waals surface area contributed by atoms with E-state index < -0.39 is 9.84 Å². The fraction of sp³-hybridized carbons (Fsp3) is 0.417. The average molecular weight is 322 g/mol. The number of amides is 1. The van der Waals surface area contributed by atoms with E-state index in [0.29, 0.717) is 17.3 Å². The Morgan fingerprint density at radius 1 is 1.32 bits per heavy atom. The third-order valence-electron chi connectivity index (χ3n) is 2.23. The summed E-state index contributed by atoms with van der Waals surface area (Å²) in [6.45, 7) is 0.447. The number of carbonyl (C=O) groups is 1. The second kappa shape index (κ2) is 7.77. The summed E-state index contributed by atoms with van der Waals surface area (Å²) >= 11 is 7.07. The van der Waals surface area contributed by atoms with Crippen LogP contribution in [0.3, 0.4) is 0 Å². The Morgan fingerprint density at radius 2 is 1.95 bits per heavy atom. The van der Waals surface area contributed by atoms with Crippen molar-refractivity contribution in [2.45, 2.75) is 6.54 Å². The van der Waals surface area contributed by atoms with Crippen molar-refractivity contribution >= 4 is 39.1 Å². The molecule has 1 rings (SSSR count). The Labute approximate surface area is 122 Å². The van der Waals surface area contributed by atoms with Gasteiger partial charge >= 0.3 is 0 Å². The van der Waals surface area contributed by atoms with E-state index in [1.54, 1.807) is 12.1 Å². The van der Waals surface area contributed by atoms with Crippen molar-refractivity contribution in [3.63, 3.8) is 0 Å². The van der Waals surface area contributed by atoms with E-state index in [9.17, 15) is 13.2 Å². The van der Waals surface area contributed by atoms with Crippen LogP contribution in [-0.2, 0) is 21.2 Å². The standard InChI is InChI=1S/C12H16ClNO3S2/c1-19(16,17)7-6-18-9-12(15)14-8-10-2-4-11(13)5-3-10/h2-5H,6-9H2,1H3,(H,14,15). The van der Waals surface area contributed by atoms with Gasteiger partial charge in [-0.25, -0.2) is 8.42 Å². The number of benzene rings is 1. The normalized spacial score (nSPS) is 11.3. The van der Waals surface area contributed by atoms with Crippen LogP contribution >= 0.6 is 23.4 Å². The van der Waals surface area contributed by atoms with Gasteiger partial charge in [-0.1, -0.05) is 23.7 Å². The Morgan fingerprint density at radius 3 is 2.53 bits per heavy atom. The van der Waals surface area contributed by atoms with Crippen molar-refractivity contribution in [2.24, 2.45) is 0 Å². The van der Waals surface area contributed by atoms with E-state index in [4.69, 9.17) is 11.6 Å². The van der Waals surface area contributed by atoms with E-state index >= 15 is 0 Å². The molecule has 0 atom stereocenters. The highest BCUT2D eigenvalue weighted by Crippen LogP contribution is 2.09. The first-order chi connectivity index (χ1) is 8.87. The summed E-state index contributed by atoms with van der Waals surface area (Å²) in [5.41, 5.74) is 0.971. The van der Waals surface area contributed by atoms with Gasteiger partial charge in [0.15, 0.2) is 0 Å². The van der Waals surface area contributed by atoms with E-state index in [2.05, 4.69) is 5.32 Å². The molecule has 0 heterocycles. The van der Waals surface area contributed by atoms with Gasteiger partial charge in [-0.05, 0) is 17.7 Å². The van der Waals surface area contributed by atoms with Gasteiger partial charge in [0.05, 0.1) is 11.5 Å². The Kier molecular flexibility index (Phi) is 6.68. The van der Waals surface area contributed by atoms with Crippen molar-refractivity contribution in [2.75, 3.05) is 23.5 Å². The number of carbonyl (C=O) groups excluding carboxylic acids is 1. The zero-order valence-corrected chi connectivity index (χ0v) is 12.9. The first kappa shape index (κ1) is 16.3. The molecule has 0 aromatic heterocycles. The molecule has 0 saturated carbocycles. The van der Waals surface area contributed by atoms with E-state index in [1.807, 2.05) is 12.1 Å². The minimum Gasteiger partial charge on any atom is -0.351 e. The zero-order chi connectivity index (χ0) is 14.3. The molecule has 1 aromatic rings. The number of sulfone groups is 1. The fourth-order valence-corrected chi connectivity index (χ4v) is 3.47. The van der Waals surface area contributed by atoms with Crippen molar-refractivity contribution < 1.29 is 13.2 Å². The van der Waals surface area contributed by atoms with E-state index in [1.165, 1.54) is 18.0 Å². The highest BCUT2D eigenvalue weighted by molar-refractivity contribution is 8.01. The fourth-order valence-electron chi connectivity index (χ4n) is 1.23. The van der Waals surface area contributed by atoms with Crippen LogP contribution in [0.15, 0.2) is 24.3 Å². The van der Waals surface area contributed by atoms with Crippen molar-refractivity contribution in [1.82, 2.24) is 5.32 Å². The van der Waals surface area contributed by atoms with Gasteiger partial charge in [-0.15, -0.1) is 0 Å². The SMILES string of the molecule is CS(=O)(=O)CCSCC(=O)NCc1ccc(Cl)cc1. The molecule has 7 heteroatoms. The van der Waals surface area contributed by atoms with Gasteiger partial charge in [0, 0.05) is 23.6 Å². The predicted octanol–water partition coefficient (Wildman–Crippen LogP) is 1.73. The second-order valence-corrected chi connectivity index (χ2v) is 7.89. The van der Waals surface area contributed by atoms with E-state index in [-0.39, 0.29) is 17.4 Å². The molecule has 1 amide bonds. The smallest absolute Gasteiger partial charge is 0.230 e. The van der Waals surface area contributed by atoms with Gasteiger partial charge in [-0.3, -0.25) is 4.79 Å². The molecule has 106 valence electrons. The van der Waals surface area contributed by atoms with Crippen molar-refractivity contribution in [1.29, 1.82) is 0 Å². The maximum atomic E-state index is 11.5. The Bertz CT molecular complexity index is 514. The molecule has 0 aliphatic rings. The lowest BCUT2D eigenvalue weighted by Crippen LogP contribution is -2.25.